The van der Waals surface area contributed by atoms with Crippen molar-refractivity contribution in [1.82, 2.24) is 0 Å². The first kappa shape index (κ1) is 20.6. The number of hydrogen-bond donors (Lipinski definition) is 0. The number of benzene rings is 3. The highest BCUT2D eigenvalue weighted by Gasteiger charge is 2.31. The van der Waals surface area contributed by atoms with Crippen LogP contribution in [0.15, 0.2) is 88.0 Å². The second-order valence-electron chi connectivity index (χ2n) is 6.55. The molecule has 0 spiro atoms. The molecule has 4 rings (SSSR count). The van der Waals surface area contributed by atoms with Crippen LogP contribution in [0.2, 0.25) is 0 Å². The van der Waals surface area contributed by atoms with Crippen molar-refractivity contribution in [2.75, 3.05) is 0 Å². The minimum Gasteiger partial charge on any atom is -0.488 e. The van der Waals surface area contributed by atoms with Gasteiger partial charge in [0.05, 0.1) is 21.4 Å². The van der Waals surface area contributed by atoms with Gasteiger partial charge < -0.3 is 4.74 Å². The van der Waals surface area contributed by atoms with Crippen LogP contribution in [-0.2, 0) is 22.6 Å². The number of fused-ring (bicyclic) bond motifs is 1. The van der Waals surface area contributed by atoms with Crippen LogP contribution in [0.4, 0.5) is 13.2 Å². The molecule has 3 aromatic carbocycles. The van der Waals surface area contributed by atoms with Gasteiger partial charge in [0, 0.05) is 9.80 Å². The molecule has 0 unspecified atom stereocenters. The molecule has 0 aromatic heterocycles. The van der Waals surface area contributed by atoms with Crippen LogP contribution < -0.4 is 4.74 Å². The number of sulfone groups is 1. The number of alkyl halides is 3. The van der Waals surface area contributed by atoms with E-state index >= 15 is 0 Å². The van der Waals surface area contributed by atoms with E-state index in [1.165, 1.54) is 35.4 Å². The summed E-state index contributed by atoms with van der Waals surface area (Å²) in [5, 5.41) is 1.22. The molecule has 154 valence electrons. The van der Waals surface area contributed by atoms with Crippen molar-refractivity contribution in [3.63, 3.8) is 0 Å². The fraction of sp³-hybridized carbons (Fsp3) is 0.0909. The third kappa shape index (κ3) is 4.24. The first-order valence-electron chi connectivity index (χ1n) is 8.86. The van der Waals surface area contributed by atoms with Crippen LogP contribution in [0.3, 0.4) is 0 Å². The van der Waals surface area contributed by atoms with E-state index in [9.17, 15) is 21.6 Å². The minimum absolute atomic E-state index is 0.0118. The Morgan fingerprint density at radius 1 is 0.867 bits per heavy atom. The lowest BCUT2D eigenvalue weighted by atomic mass is 10.1. The van der Waals surface area contributed by atoms with Gasteiger partial charge >= 0.3 is 6.18 Å². The van der Waals surface area contributed by atoms with Crippen molar-refractivity contribution in [1.29, 1.82) is 0 Å². The predicted octanol–water partition coefficient (Wildman–Crippen LogP) is 6.16. The smallest absolute Gasteiger partial charge is 0.416 e. The molecule has 1 aliphatic rings. The second kappa shape index (κ2) is 7.85. The normalized spacial score (nSPS) is 14.8. The van der Waals surface area contributed by atoms with Crippen LogP contribution >= 0.6 is 11.8 Å². The van der Waals surface area contributed by atoms with Crippen LogP contribution in [0, 0.1) is 0 Å². The lowest BCUT2D eigenvalue weighted by molar-refractivity contribution is -0.137. The average molecular weight is 448 g/mol. The molecule has 3 aromatic rings. The van der Waals surface area contributed by atoms with Crippen molar-refractivity contribution < 1.29 is 26.3 Å². The van der Waals surface area contributed by atoms with E-state index in [4.69, 9.17) is 4.74 Å². The molecule has 3 nitrogen and oxygen atoms in total. The van der Waals surface area contributed by atoms with Gasteiger partial charge in [-0.3, -0.25) is 0 Å². The Morgan fingerprint density at radius 2 is 1.57 bits per heavy atom. The van der Waals surface area contributed by atoms with Crippen molar-refractivity contribution in [2.45, 2.75) is 22.6 Å². The third-order valence-corrected chi connectivity index (χ3v) is 7.15. The number of hydrogen-bond acceptors (Lipinski definition) is 4. The van der Waals surface area contributed by atoms with Crippen molar-refractivity contribution in [3.8, 4) is 5.75 Å². The van der Waals surface area contributed by atoms with Crippen molar-refractivity contribution in [3.05, 3.63) is 94.9 Å². The molecule has 0 atom stereocenters. The molecule has 0 fully saturated rings. The van der Waals surface area contributed by atoms with Crippen molar-refractivity contribution in [2.24, 2.45) is 0 Å². The average Bonchev–Trinajstić information content (AvgIpc) is 2.97. The third-order valence-electron chi connectivity index (χ3n) is 4.45. The molecule has 1 heterocycles. The Hall–Kier alpha value is -2.71. The lowest BCUT2D eigenvalue weighted by Crippen LogP contribution is -2.05. The molecule has 8 heteroatoms. The number of halogens is 3. The first-order valence-corrected chi connectivity index (χ1v) is 11.2. The fourth-order valence-electron chi connectivity index (χ4n) is 3.02. The zero-order valence-electron chi connectivity index (χ0n) is 15.4. The van der Waals surface area contributed by atoms with E-state index in [1.807, 2.05) is 30.3 Å². The van der Waals surface area contributed by atoms with Gasteiger partial charge in [-0.1, -0.05) is 48.2 Å². The van der Waals surface area contributed by atoms with Gasteiger partial charge in [-0.2, -0.15) is 13.2 Å². The summed E-state index contributed by atoms with van der Waals surface area (Å²) in [4.78, 5) is 1.58. The zero-order valence-corrected chi connectivity index (χ0v) is 17.0. The Balaban J connectivity index is 1.60. The Bertz CT molecular complexity index is 1200. The topological polar surface area (TPSA) is 43.4 Å². The molecule has 1 aliphatic heterocycles. The van der Waals surface area contributed by atoms with E-state index in [1.54, 1.807) is 12.1 Å². The Labute approximate surface area is 176 Å². The van der Waals surface area contributed by atoms with Gasteiger partial charge in [-0.25, -0.2) is 8.42 Å². The van der Waals surface area contributed by atoms with Gasteiger partial charge in [-0.15, -0.1) is 0 Å². The van der Waals surface area contributed by atoms with Crippen LogP contribution in [0.25, 0.3) is 4.91 Å². The van der Waals surface area contributed by atoms with E-state index < -0.39 is 21.6 Å². The fourth-order valence-corrected chi connectivity index (χ4v) is 5.80. The molecule has 0 N–H and O–H groups in total. The summed E-state index contributed by atoms with van der Waals surface area (Å²) in [6, 6.07) is 18.8. The summed E-state index contributed by atoms with van der Waals surface area (Å²) >= 11 is 1.31. The van der Waals surface area contributed by atoms with E-state index in [2.05, 4.69) is 0 Å². The van der Waals surface area contributed by atoms with Gasteiger partial charge in [0.1, 0.15) is 12.4 Å². The molecule has 0 saturated carbocycles. The van der Waals surface area contributed by atoms with Crippen molar-refractivity contribution >= 4 is 26.5 Å². The summed E-state index contributed by atoms with van der Waals surface area (Å²) < 4.78 is 69.1. The molecule has 0 radical (unpaired) electrons. The summed E-state index contributed by atoms with van der Waals surface area (Å²) in [6.45, 7) is 0.0118. The largest absolute Gasteiger partial charge is 0.488 e. The van der Waals surface area contributed by atoms with Gasteiger partial charge in [0.25, 0.3) is 0 Å². The quantitative estimate of drug-likeness (QED) is 0.469. The summed E-state index contributed by atoms with van der Waals surface area (Å²) in [5.41, 5.74) is 0.281. The Morgan fingerprint density at radius 3 is 2.23 bits per heavy atom. The molecular formula is C22H15F3O3S2. The van der Waals surface area contributed by atoms with Gasteiger partial charge in [0.15, 0.2) is 0 Å². The monoisotopic (exact) mass is 448 g/mol. The Kier molecular flexibility index (Phi) is 5.38. The standard InChI is InChI=1S/C22H15F3O3S2/c23-22(24,25)16-11-9-15(10-12-16)13-28-18-7-4-8-20-21(18)19(14-30(20,26)27)29-17-5-2-1-3-6-17/h1-12,14H,13H2. The highest BCUT2D eigenvalue weighted by Crippen LogP contribution is 2.47. The van der Waals surface area contributed by atoms with Crippen LogP contribution in [0.5, 0.6) is 5.75 Å². The van der Waals surface area contributed by atoms with Gasteiger partial charge in [-0.05, 0) is 42.0 Å². The lowest BCUT2D eigenvalue weighted by Gasteiger charge is -2.13. The molecule has 0 bridgehead atoms. The molecular weight excluding hydrogens is 433 g/mol. The summed E-state index contributed by atoms with van der Waals surface area (Å²) in [6.07, 6.45) is -4.40. The minimum atomic E-state index is -4.40. The van der Waals surface area contributed by atoms with Crippen LogP contribution in [-0.4, -0.2) is 8.42 Å². The number of rotatable bonds is 5. The predicted molar refractivity (Wildman–Crippen MR) is 110 cm³/mol. The number of thioether (sulfide) groups is 1. The summed E-state index contributed by atoms with van der Waals surface area (Å²) in [7, 11) is -3.59. The number of ether oxygens (including phenoxy) is 1. The molecule has 0 aliphatic carbocycles. The van der Waals surface area contributed by atoms with E-state index in [0.29, 0.717) is 21.8 Å². The zero-order chi connectivity index (χ0) is 21.4. The summed E-state index contributed by atoms with van der Waals surface area (Å²) in [5.74, 6) is 0.364. The van der Waals surface area contributed by atoms with Crippen LogP contribution in [0.1, 0.15) is 16.7 Å². The first-order chi connectivity index (χ1) is 14.2. The SMILES string of the molecule is O=S1(=O)C=C(Sc2ccccc2)c2c(OCc3ccc(C(F)(F)F)cc3)cccc21. The van der Waals surface area contributed by atoms with E-state index in [0.717, 1.165) is 17.0 Å². The molecule has 30 heavy (non-hydrogen) atoms. The maximum atomic E-state index is 12.7. The van der Waals surface area contributed by atoms with E-state index in [-0.39, 0.29) is 11.5 Å². The molecule has 0 amide bonds. The highest BCUT2D eigenvalue weighted by atomic mass is 32.2. The second-order valence-corrected chi connectivity index (χ2v) is 9.44. The van der Waals surface area contributed by atoms with Gasteiger partial charge in [0.2, 0.25) is 9.84 Å². The molecule has 0 saturated heterocycles. The highest BCUT2D eigenvalue weighted by molar-refractivity contribution is 8.10. The maximum Gasteiger partial charge on any atom is 0.416 e. The maximum absolute atomic E-state index is 12.7.